The molecule has 0 aliphatic heterocycles. The molecule has 1 atom stereocenters. The molecule has 0 saturated heterocycles. The fraction of sp³-hybridized carbons (Fsp3) is 0.375. The minimum Gasteiger partial charge on any atom is -0.380 e. The molecular weight excluding hydrogens is 268 g/mol. The highest BCUT2D eigenvalue weighted by Gasteiger charge is 2.18. The van der Waals surface area contributed by atoms with Crippen molar-refractivity contribution in [2.75, 3.05) is 20.7 Å². The molecule has 0 aliphatic carbocycles. The van der Waals surface area contributed by atoms with Crippen LogP contribution in [-0.2, 0) is 17.9 Å². The van der Waals surface area contributed by atoms with E-state index in [0.29, 0.717) is 13.2 Å². The summed E-state index contributed by atoms with van der Waals surface area (Å²) >= 11 is 1.78. The third-order valence-electron chi connectivity index (χ3n) is 3.45. The van der Waals surface area contributed by atoms with E-state index >= 15 is 0 Å². The summed E-state index contributed by atoms with van der Waals surface area (Å²) in [7, 11) is 3.85. The van der Waals surface area contributed by atoms with Crippen molar-refractivity contribution in [1.29, 1.82) is 0 Å². The Hall–Kier alpha value is -1.20. The van der Waals surface area contributed by atoms with Crippen LogP contribution < -0.4 is 5.73 Å². The monoisotopic (exact) mass is 290 g/mol. The molecule has 2 rings (SSSR count). The van der Waals surface area contributed by atoms with E-state index in [1.165, 1.54) is 16.0 Å². The fourth-order valence-electron chi connectivity index (χ4n) is 2.45. The van der Waals surface area contributed by atoms with Crippen molar-refractivity contribution in [2.45, 2.75) is 19.2 Å². The summed E-state index contributed by atoms with van der Waals surface area (Å²) in [5.74, 6) is 0. The molecule has 4 heteroatoms. The predicted molar refractivity (Wildman–Crippen MR) is 84.7 cm³/mol. The minimum atomic E-state index is 0.212. The van der Waals surface area contributed by atoms with Crippen LogP contribution in [0, 0.1) is 0 Å². The van der Waals surface area contributed by atoms with Gasteiger partial charge < -0.3 is 10.5 Å². The van der Waals surface area contributed by atoms with Gasteiger partial charge in [0, 0.05) is 31.1 Å². The van der Waals surface area contributed by atoms with E-state index in [9.17, 15) is 0 Å². The van der Waals surface area contributed by atoms with Gasteiger partial charge in [-0.25, -0.2) is 0 Å². The Morgan fingerprint density at radius 2 is 2.05 bits per heavy atom. The highest BCUT2D eigenvalue weighted by Crippen LogP contribution is 2.25. The summed E-state index contributed by atoms with van der Waals surface area (Å²) in [6.45, 7) is 2.14. The van der Waals surface area contributed by atoms with Crippen LogP contribution in [0.4, 0.5) is 0 Å². The molecule has 0 bridgehead atoms. The molecule has 2 N–H and O–H groups in total. The molecule has 1 aromatic carbocycles. The van der Waals surface area contributed by atoms with Crippen molar-refractivity contribution >= 4 is 11.3 Å². The number of ether oxygens (including phenoxy) is 1. The molecule has 20 heavy (non-hydrogen) atoms. The van der Waals surface area contributed by atoms with Gasteiger partial charge in [-0.1, -0.05) is 30.3 Å². The number of methoxy groups -OCH3 is 1. The topological polar surface area (TPSA) is 38.5 Å². The number of hydrogen-bond acceptors (Lipinski definition) is 4. The van der Waals surface area contributed by atoms with E-state index in [1.807, 2.05) is 6.07 Å². The zero-order chi connectivity index (χ0) is 14.4. The van der Waals surface area contributed by atoms with Crippen LogP contribution in [0.5, 0.6) is 0 Å². The molecule has 0 aliphatic rings. The predicted octanol–water partition coefficient (Wildman–Crippen LogP) is 3.03. The number of likely N-dealkylation sites (N-methyl/N-ethyl adjacent to an activating group) is 1. The largest absolute Gasteiger partial charge is 0.380 e. The molecule has 0 fully saturated rings. The average Bonchev–Trinajstić information content (AvgIpc) is 2.94. The van der Waals surface area contributed by atoms with Crippen molar-refractivity contribution in [1.82, 2.24) is 4.90 Å². The minimum absolute atomic E-state index is 0.212. The zero-order valence-corrected chi connectivity index (χ0v) is 12.9. The lowest BCUT2D eigenvalue weighted by Crippen LogP contribution is -2.30. The van der Waals surface area contributed by atoms with Crippen molar-refractivity contribution in [3.8, 4) is 0 Å². The molecule has 108 valence electrons. The number of thiophene rings is 1. The highest BCUT2D eigenvalue weighted by molar-refractivity contribution is 7.09. The molecule has 0 saturated carbocycles. The van der Waals surface area contributed by atoms with Crippen molar-refractivity contribution < 1.29 is 4.74 Å². The third-order valence-corrected chi connectivity index (χ3v) is 4.32. The molecule has 1 aromatic heterocycles. The lowest BCUT2D eigenvalue weighted by Gasteiger charge is -2.28. The van der Waals surface area contributed by atoms with E-state index in [4.69, 9.17) is 10.5 Å². The van der Waals surface area contributed by atoms with Gasteiger partial charge in [-0.05, 0) is 29.6 Å². The normalized spacial score (nSPS) is 12.8. The lowest BCUT2D eigenvalue weighted by atomic mass is 9.99. The molecule has 0 spiro atoms. The molecule has 1 unspecified atom stereocenters. The summed E-state index contributed by atoms with van der Waals surface area (Å²) in [6, 6.07) is 12.8. The Balaban J connectivity index is 2.18. The summed E-state index contributed by atoms with van der Waals surface area (Å²) < 4.78 is 5.29. The molecule has 1 heterocycles. The van der Waals surface area contributed by atoms with E-state index in [2.05, 4.69) is 47.7 Å². The SMILES string of the molecule is COCc1ccccc1C(CN)N(C)Cc1cccs1. The molecule has 0 radical (unpaired) electrons. The first-order valence-corrected chi connectivity index (χ1v) is 7.63. The Morgan fingerprint density at radius 3 is 2.70 bits per heavy atom. The van der Waals surface area contributed by atoms with Gasteiger partial charge in [0.25, 0.3) is 0 Å². The average molecular weight is 290 g/mol. The van der Waals surface area contributed by atoms with Crippen molar-refractivity contribution in [2.24, 2.45) is 5.73 Å². The van der Waals surface area contributed by atoms with Gasteiger partial charge in [0.1, 0.15) is 0 Å². The van der Waals surface area contributed by atoms with Crippen LogP contribution in [0.1, 0.15) is 22.0 Å². The van der Waals surface area contributed by atoms with Gasteiger partial charge >= 0.3 is 0 Å². The van der Waals surface area contributed by atoms with Crippen LogP contribution in [0.15, 0.2) is 41.8 Å². The fourth-order valence-corrected chi connectivity index (χ4v) is 3.22. The summed E-state index contributed by atoms with van der Waals surface area (Å²) in [6.07, 6.45) is 0. The summed E-state index contributed by atoms with van der Waals surface area (Å²) in [5, 5.41) is 2.11. The van der Waals surface area contributed by atoms with E-state index < -0.39 is 0 Å². The Morgan fingerprint density at radius 1 is 1.25 bits per heavy atom. The summed E-state index contributed by atoms with van der Waals surface area (Å²) in [5.41, 5.74) is 8.49. The van der Waals surface area contributed by atoms with Gasteiger partial charge in [0.15, 0.2) is 0 Å². The lowest BCUT2D eigenvalue weighted by molar-refractivity contribution is 0.179. The Bertz CT molecular complexity index is 513. The number of nitrogens with zero attached hydrogens (tertiary/aromatic N) is 1. The second-order valence-corrected chi connectivity index (χ2v) is 5.91. The smallest absolute Gasteiger partial charge is 0.0716 e. The van der Waals surface area contributed by atoms with Gasteiger partial charge in [-0.2, -0.15) is 0 Å². The Labute approximate surface area is 125 Å². The van der Waals surface area contributed by atoms with Gasteiger partial charge in [0.2, 0.25) is 0 Å². The highest BCUT2D eigenvalue weighted by atomic mass is 32.1. The third kappa shape index (κ3) is 3.67. The maximum absolute atomic E-state index is 6.02. The maximum atomic E-state index is 6.02. The van der Waals surface area contributed by atoms with Gasteiger partial charge in [-0.3, -0.25) is 4.90 Å². The molecule has 2 aromatic rings. The first-order chi connectivity index (χ1) is 9.76. The number of nitrogens with two attached hydrogens (primary N) is 1. The van der Waals surface area contributed by atoms with E-state index in [1.54, 1.807) is 18.4 Å². The molecule has 3 nitrogen and oxygen atoms in total. The van der Waals surface area contributed by atoms with Crippen molar-refractivity contribution in [3.05, 3.63) is 57.8 Å². The second kappa shape index (κ2) is 7.55. The van der Waals surface area contributed by atoms with Crippen LogP contribution in [0.25, 0.3) is 0 Å². The summed E-state index contributed by atoms with van der Waals surface area (Å²) in [4.78, 5) is 3.66. The van der Waals surface area contributed by atoms with Crippen molar-refractivity contribution in [3.63, 3.8) is 0 Å². The Kier molecular flexibility index (Phi) is 5.73. The van der Waals surface area contributed by atoms with Gasteiger partial charge in [-0.15, -0.1) is 11.3 Å². The molecule has 0 amide bonds. The number of benzene rings is 1. The standard InChI is InChI=1S/C16H22N2OS/c1-18(11-14-7-5-9-20-14)16(10-17)15-8-4-3-6-13(15)12-19-2/h3-9,16H,10-12,17H2,1-2H3. The second-order valence-electron chi connectivity index (χ2n) is 4.88. The van der Waals surface area contributed by atoms with Gasteiger partial charge in [0.05, 0.1) is 6.61 Å². The van der Waals surface area contributed by atoms with Crippen LogP contribution >= 0.6 is 11.3 Å². The number of hydrogen-bond donors (Lipinski definition) is 1. The zero-order valence-electron chi connectivity index (χ0n) is 12.1. The maximum Gasteiger partial charge on any atom is 0.0716 e. The van der Waals surface area contributed by atoms with Crippen LogP contribution in [0.3, 0.4) is 0 Å². The quantitative estimate of drug-likeness (QED) is 0.852. The number of rotatable bonds is 7. The van der Waals surface area contributed by atoms with E-state index in [0.717, 1.165) is 6.54 Å². The van der Waals surface area contributed by atoms with Crippen LogP contribution in [0.2, 0.25) is 0 Å². The van der Waals surface area contributed by atoms with Crippen LogP contribution in [-0.4, -0.2) is 25.6 Å². The first-order valence-electron chi connectivity index (χ1n) is 6.75. The first kappa shape index (κ1) is 15.2. The molecular formula is C16H22N2OS. The van der Waals surface area contributed by atoms with E-state index in [-0.39, 0.29) is 6.04 Å².